The number of benzene rings is 2. The highest BCUT2D eigenvalue weighted by molar-refractivity contribution is 7.48. The smallest absolute Gasteiger partial charge is 0.281 e. The molecule has 4 rings (SSSR count). The van der Waals surface area contributed by atoms with Gasteiger partial charge in [0.25, 0.3) is 0 Å². The normalized spacial score (nSPS) is 12.9. The van der Waals surface area contributed by atoms with Gasteiger partial charge in [0.05, 0.1) is 22.4 Å². The molecule has 0 spiro atoms. The number of hydrogen-bond acceptors (Lipinski definition) is 6. The molecule has 2 aromatic heterocycles. The summed E-state index contributed by atoms with van der Waals surface area (Å²) in [5.74, 6) is -0.248. The van der Waals surface area contributed by atoms with Gasteiger partial charge in [0, 0.05) is 28.9 Å². The third-order valence-corrected chi connectivity index (χ3v) is 7.20. The molecule has 0 aliphatic heterocycles. The van der Waals surface area contributed by atoms with Crippen LogP contribution in [0.2, 0.25) is 0 Å². The quantitative estimate of drug-likeness (QED) is 0.228. The maximum Gasteiger partial charge on any atom is 0.477 e. The molecule has 0 saturated carbocycles. The third-order valence-electron chi connectivity index (χ3n) is 5.22. The van der Waals surface area contributed by atoms with Crippen molar-refractivity contribution in [1.82, 2.24) is 14.8 Å². The van der Waals surface area contributed by atoms with Crippen molar-refractivity contribution in [2.75, 3.05) is 0 Å². The molecule has 4 aromatic rings. The molecule has 37 heavy (non-hydrogen) atoms. The Labute approximate surface area is 217 Å². The van der Waals surface area contributed by atoms with Gasteiger partial charge in [0.15, 0.2) is 6.73 Å². The Bertz CT molecular complexity index is 1450. The molecule has 0 fully saturated rings. The second-order valence-corrected chi connectivity index (χ2v) is 12.4. The summed E-state index contributed by atoms with van der Waals surface area (Å²) in [4.78, 5) is 4.57. The van der Waals surface area contributed by atoms with Crippen molar-refractivity contribution in [2.45, 2.75) is 66.4 Å². The van der Waals surface area contributed by atoms with Crippen LogP contribution in [0.25, 0.3) is 33.3 Å². The van der Waals surface area contributed by atoms with Gasteiger partial charge in [0.1, 0.15) is 5.82 Å². The first kappa shape index (κ1) is 27.1. The van der Waals surface area contributed by atoms with Gasteiger partial charge in [-0.25, -0.2) is 13.6 Å². The fourth-order valence-corrected chi connectivity index (χ4v) is 5.59. The summed E-state index contributed by atoms with van der Waals surface area (Å²) in [7, 11) is -3.87. The molecule has 0 unspecified atom stereocenters. The second-order valence-electron chi connectivity index (χ2n) is 10.9. The molecule has 9 heteroatoms. The Balaban J connectivity index is 1.62. The highest BCUT2D eigenvalue weighted by Gasteiger charge is 2.37. The Morgan fingerprint density at radius 3 is 2.27 bits per heavy atom. The fourth-order valence-electron chi connectivity index (χ4n) is 3.84. The van der Waals surface area contributed by atoms with E-state index in [1.54, 1.807) is 71.5 Å². The van der Waals surface area contributed by atoms with Crippen LogP contribution < -0.4 is 0 Å². The van der Waals surface area contributed by atoms with Crippen LogP contribution >= 0.6 is 7.82 Å². The number of phosphoric acid groups is 1. The predicted molar refractivity (Wildman–Crippen MR) is 143 cm³/mol. The zero-order chi connectivity index (χ0) is 27.0. The topological polar surface area (TPSA) is 75.5 Å². The summed E-state index contributed by atoms with van der Waals surface area (Å²) in [5, 5.41) is 5.42. The summed E-state index contributed by atoms with van der Waals surface area (Å²) in [6.07, 6.45) is 3.54. The van der Waals surface area contributed by atoms with Gasteiger partial charge in [-0.3, -0.25) is 18.6 Å². The van der Waals surface area contributed by atoms with Crippen LogP contribution in [0.1, 0.15) is 47.1 Å². The number of nitrogens with zero attached hydrogens (tertiary/aromatic N) is 3. The lowest BCUT2D eigenvalue weighted by atomic mass is 9.97. The lowest BCUT2D eigenvalue weighted by molar-refractivity contribution is -0.00750. The van der Waals surface area contributed by atoms with Crippen LogP contribution in [-0.2, 0) is 24.9 Å². The van der Waals surface area contributed by atoms with E-state index >= 15 is 0 Å². The molecule has 196 valence electrons. The molecule has 0 bridgehead atoms. The average Bonchev–Trinajstić information content (AvgIpc) is 3.19. The Hall–Kier alpha value is -2.90. The molecule has 0 amide bonds. The molecule has 0 atom stereocenters. The molecule has 7 nitrogen and oxygen atoms in total. The van der Waals surface area contributed by atoms with Crippen molar-refractivity contribution >= 4 is 18.7 Å². The third kappa shape index (κ3) is 6.90. The highest BCUT2D eigenvalue weighted by Crippen LogP contribution is 2.55. The number of fused-ring (bicyclic) bond motifs is 1. The summed E-state index contributed by atoms with van der Waals surface area (Å²) in [6.45, 7) is 12.4. The highest BCUT2D eigenvalue weighted by atomic mass is 31.2. The van der Waals surface area contributed by atoms with E-state index < -0.39 is 19.0 Å². The lowest BCUT2D eigenvalue weighted by Gasteiger charge is -2.30. The van der Waals surface area contributed by atoms with E-state index in [9.17, 15) is 8.96 Å². The molecule has 0 aliphatic carbocycles. The van der Waals surface area contributed by atoms with Gasteiger partial charge in [-0.05, 0) is 96.0 Å². The minimum Gasteiger partial charge on any atom is -0.281 e. The Kier molecular flexibility index (Phi) is 7.41. The number of aryl methyl sites for hydroxylation is 1. The van der Waals surface area contributed by atoms with Crippen LogP contribution in [-0.4, -0.2) is 26.0 Å². The van der Waals surface area contributed by atoms with E-state index in [-0.39, 0.29) is 12.5 Å². The first-order valence-electron chi connectivity index (χ1n) is 12.1. The van der Waals surface area contributed by atoms with Crippen molar-refractivity contribution in [1.29, 1.82) is 0 Å². The average molecular weight is 526 g/mol. The SMILES string of the molecule is Cc1cc(-c2ncccc2-c2ccc3nn(COP(=O)(OC(C)(C)C)OC(C)(C)C)cc3c2)ccc1F. The second kappa shape index (κ2) is 10.1. The maximum atomic E-state index is 13.8. The van der Waals surface area contributed by atoms with Crippen molar-refractivity contribution in [3.05, 3.63) is 72.3 Å². The van der Waals surface area contributed by atoms with E-state index in [1.165, 1.54) is 6.07 Å². The summed E-state index contributed by atoms with van der Waals surface area (Å²) in [5.41, 5.74) is 3.32. The molecular weight excluding hydrogens is 492 g/mol. The molecule has 0 saturated heterocycles. The zero-order valence-electron chi connectivity index (χ0n) is 22.3. The van der Waals surface area contributed by atoms with E-state index in [0.29, 0.717) is 5.56 Å². The van der Waals surface area contributed by atoms with Crippen LogP contribution in [0.5, 0.6) is 0 Å². The van der Waals surface area contributed by atoms with E-state index in [0.717, 1.165) is 33.3 Å². The number of aromatic nitrogens is 3. The minimum absolute atomic E-state index is 0.111. The molecular formula is C28H33FN3O4P. The van der Waals surface area contributed by atoms with Crippen molar-refractivity contribution in [3.63, 3.8) is 0 Å². The lowest BCUT2D eigenvalue weighted by Crippen LogP contribution is -2.25. The van der Waals surface area contributed by atoms with Crippen LogP contribution in [0.3, 0.4) is 0 Å². The molecule has 0 aliphatic rings. The minimum atomic E-state index is -3.87. The maximum absolute atomic E-state index is 13.8. The summed E-state index contributed by atoms with van der Waals surface area (Å²) < 4.78 is 45.8. The van der Waals surface area contributed by atoms with Crippen LogP contribution in [0.15, 0.2) is 60.9 Å². The standard InChI is InChI=1S/C28H33FN3O4P/c1-19-15-21(10-12-24(19)29)26-23(9-8-14-30-26)20-11-13-25-22(16-20)17-32(31-25)18-34-37(33,35-27(2,3)4)36-28(5,6)7/h8-17H,18H2,1-7H3. The van der Waals surface area contributed by atoms with Crippen molar-refractivity contribution in [3.8, 4) is 22.4 Å². The largest absolute Gasteiger partial charge is 0.477 e. The van der Waals surface area contributed by atoms with E-state index in [2.05, 4.69) is 10.1 Å². The number of phosphoric ester groups is 1. The number of hydrogen-bond donors (Lipinski definition) is 0. The van der Waals surface area contributed by atoms with Gasteiger partial charge >= 0.3 is 7.82 Å². The Morgan fingerprint density at radius 1 is 0.946 bits per heavy atom. The van der Waals surface area contributed by atoms with Crippen molar-refractivity contribution in [2.24, 2.45) is 0 Å². The molecule has 2 aromatic carbocycles. The van der Waals surface area contributed by atoms with Gasteiger partial charge in [0.2, 0.25) is 0 Å². The Morgan fingerprint density at radius 2 is 1.62 bits per heavy atom. The monoisotopic (exact) mass is 525 g/mol. The van der Waals surface area contributed by atoms with Gasteiger partial charge in [-0.15, -0.1) is 0 Å². The number of pyridine rings is 1. The molecule has 2 heterocycles. The number of halogens is 1. The fraction of sp³-hybridized carbons (Fsp3) is 0.357. The molecule has 0 N–H and O–H groups in total. The van der Waals surface area contributed by atoms with Crippen molar-refractivity contribution < 1.29 is 22.5 Å². The number of rotatable bonds is 7. The van der Waals surface area contributed by atoms with Crippen LogP contribution in [0, 0.1) is 12.7 Å². The summed E-state index contributed by atoms with van der Waals surface area (Å²) in [6, 6.07) is 14.7. The van der Waals surface area contributed by atoms with Gasteiger partial charge in [-0.2, -0.15) is 5.10 Å². The molecule has 0 radical (unpaired) electrons. The first-order valence-corrected chi connectivity index (χ1v) is 13.5. The zero-order valence-corrected chi connectivity index (χ0v) is 23.2. The van der Waals surface area contributed by atoms with E-state index in [4.69, 9.17) is 13.6 Å². The van der Waals surface area contributed by atoms with Gasteiger partial charge < -0.3 is 0 Å². The van der Waals surface area contributed by atoms with E-state index in [1.807, 2.05) is 36.5 Å². The summed E-state index contributed by atoms with van der Waals surface area (Å²) >= 11 is 0. The van der Waals surface area contributed by atoms with Crippen LogP contribution in [0.4, 0.5) is 4.39 Å². The predicted octanol–water partition coefficient (Wildman–Crippen LogP) is 7.93. The first-order chi connectivity index (χ1) is 17.2. The van der Waals surface area contributed by atoms with Gasteiger partial charge in [-0.1, -0.05) is 12.1 Å².